The molecule has 10 heteroatoms. The van der Waals surface area contributed by atoms with Crippen molar-refractivity contribution in [2.75, 3.05) is 13.1 Å². The lowest BCUT2D eigenvalue weighted by molar-refractivity contribution is -0.132. The van der Waals surface area contributed by atoms with Crippen LogP contribution in [0.2, 0.25) is 0 Å². The highest BCUT2D eigenvalue weighted by atomic mass is 32.2. The van der Waals surface area contributed by atoms with Gasteiger partial charge in [-0.2, -0.15) is 0 Å². The number of aryl methyl sites for hydroxylation is 1. The fourth-order valence-electron chi connectivity index (χ4n) is 3.89. The maximum absolute atomic E-state index is 13.3. The third-order valence-electron chi connectivity index (χ3n) is 5.63. The normalized spacial score (nSPS) is 15.8. The predicted molar refractivity (Wildman–Crippen MR) is 128 cm³/mol. The maximum Gasteiger partial charge on any atom is 0.242 e. The van der Waals surface area contributed by atoms with Crippen LogP contribution >= 0.6 is 22.7 Å². The van der Waals surface area contributed by atoms with Gasteiger partial charge in [-0.05, 0) is 50.1 Å². The summed E-state index contributed by atoms with van der Waals surface area (Å²) in [5, 5.41) is 4.58. The Morgan fingerprint density at radius 1 is 1.25 bits per heavy atom. The van der Waals surface area contributed by atoms with Crippen molar-refractivity contribution in [3.05, 3.63) is 45.7 Å². The van der Waals surface area contributed by atoms with Crippen LogP contribution in [0.1, 0.15) is 49.2 Å². The summed E-state index contributed by atoms with van der Waals surface area (Å²) in [6, 6.07) is 5.20. The number of nitrogens with one attached hydrogen (secondary N) is 1. The van der Waals surface area contributed by atoms with Crippen LogP contribution in [0.3, 0.4) is 0 Å². The highest BCUT2D eigenvalue weighted by molar-refractivity contribution is 7.89. The standard InChI is InChI=1S/C22H28N4O3S3/c1-3-18(20-8-7-11-30-20)24-32(28,29)17-12-19(22-23-16(2)15-31-22)26(13-17)14-21(27)25-9-5-4-6-10-25/h7-8,11-13,15,18,24H,3-6,9-10,14H2,1-2H3. The van der Waals surface area contributed by atoms with E-state index in [4.69, 9.17) is 0 Å². The molecular formula is C22H28N4O3S3. The molecule has 4 heterocycles. The van der Waals surface area contributed by atoms with Crippen LogP contribution in [0.15, 0.2) is 40.1 Å². The van der Waals surface area contributed by atoms with Crippen LogP contribution in [0.4, 0.5) is 0 Å². The van der Waals surface area contributed by atoms with E-state index in [0.717, 1.165) is 42.9 Å². The molecule has 0 saturated carbocycles. The first kappa shape index (κ1) is 23.2. The van der Waals surface area contributed by atoms with Crippen molar-refractivity contribution in [1.29, 1.82) is 0 Å². The van der Waals surface area contributed by atoms with E-state index in [2.05, 4.69) is 9.71 Å². The minimum atomic E-state index is -3.77. The molecule has 1 atom stereocenters. The molecule has 1 fully saturated rings. The van der Waals surface area contributed by atoms with Crippen LogP contribution in [-0.2, 0) is 21.4 Å². The predicted octanol–water partition coefficient (Wildman–Crippen LogP) is 4.42. The van der Waals surface area contributed by atoms with Gasteiger partial charge in [0.05, 0.1) is 11.7 Å². The summed E-state index contributed by atoms with van der Waals surface area (Å²) < 4.78 is 31.1. The molecule has 1 N–H and O–H groups in total. The number of nitrogens with zero attached hydrogens (tertiary/aromatic N) is 3. The number of carbonyl (C=O) groups excluding carboxylic acids is 1. The van der Waals surface area contributed by atoms with E-state index in [1.54, 1.807) is 16.8 Å². The molecule has 1 aliphatic heterocycles. The van der Waals surface area contributed by atoms with Gasteiger partial charge in [-0.25, -0.2) is 18.1 Å². The van der Waals surface area contributed by atoms with Crippen LogP contribution in [-0.4, -0.2) is 41.9 Å². The summed E-state index contributed by atoms with van der Waals surface area (Å²) in [4.78, 5) is 20.5. The van der Waals surface area contributed by atoms with Crippen molar-refractivity contribution in [2.45, 2.75) is 57.0 Å². The number of likely N-dealkylation sites (tertiary alicyclic amines) is 1. The Bertz CT molecular complexity index is 1160. The lowest BCUT2D eigenvalue weighted by Crippen LogP contribution is -2.37. The zero-order valence-electron chi connectivity index (χ0n) is 18.3. The Hall–Kier alpha value is -2.01. The zero-order valence-corrected chi connectivity index (χ0v) is 20.7. The quantitative estimate of drug-likeness (QED) is 0.504. The molecule has 0 aromatic carbocycles. The Labute approximate surface area is 197 Å². The molecule has 1 amide bonds. The summed E-state index contributed by atoms with van der Waals surface area (Å²) in [5.74, 6) is 0.0109. The fraction of sp³-hybridized carbons (Fsp3) is 0.455. The van der Waals surface area contributed by atoms with E-state index in [1.165, 1.54) is 22.7 Å². The van der Waals surface area contributed by atoms with Gasteiger partial charge < -0.3 is 9.47 Å². The molecular weight excluding hydrogens is 464 g/mol. The SMILES string of the molecule is CCC(NS(=O)(=O)c1cc(-c2nc(C)cs2)n(CC(=O)N2CCCCC2)c1)c1cccs1. The van der Waals surface area contributed by atoms with Gasteiger partial charge in [0.1, 0.15) is 16.4 Å². The fourth-order valence-corrected chi connectivity index (χ4v) is 6.99. The highest BCUT2D eigenvalue weighted by Crippen LogP contribution is 2.30. The van der Waals surface area contributed by atoms with Gasteiger partial charge >= 0.3 is 0 Å². The molecule has 1 unspecified atom stereocenters. The van der Waals surface area contributed by atoms with Gasteiger partial charge in [0.15, 0.2) is 0 Å². The first-order chi connectivity index (χ1) is 15.4. The average Bonchev–Trinajstić information content (AvgIpc) is 3.54. The summed E-state index contributed by atoms with van der Waals surface area (Å²) in [5.41, 5.74) is 1.52. The molecule has 1 aliphatic rings. The van der Waals surface area contributed by atoms with Crippen molar-refractivity contribution in [2.24, 2.45) is 0 Å². The summed E-state index contributed by atoms with van der Waals surface area (Å²) >= 11 is 2.98. The summed E-state index contributed by atoms with van der Waals surface area (Å²) in [7, 11) is -3.77. The number of sulfonamides is 1. The number of hydrogen-bond acceptors (Lipinski definition) is 6. The first-order valence-electron chi connectivity index (χ1n) is 10.8. The minimum Gasteiger partial charge on any atom is -0.341 e. The molecule has 1 saturated heterocycles. The maximum atomic E-state index is 13.3. The zero-order chi connectivity index (χ0) is 22.7. The molecule has 0 radical (unpaired) electrons. The smallest absolute Gasteiger partial charge is 0.242 e. The number of carbonyl (C=O) groups is 1. The van der Waals surface area contributed by atoms with E-state index in [0.29, 0.717) is 17.1 Å². The number of piperidine rings is 1. The molecule has 172 valence electrons. The van der Waals surface area contributed by atoms with Crippen molar-refractivity contribution in [3.63, 3.8) is 0 Å². The van der Waals surface area contributed by atoms with Crippen molar-refractivity contribution in [1.82, 2.24) is 19.2 Å². The Morgan fingerprint density at radius 2 is 2.03 bits per heavy atom. The van der Waals surface area contributed by atoms with Crippen LogP contribution in [0.5, 0.6) is 0 Å². The topological polar surface area (TPSA) is 84.3 Å². The third-order valence-corrected chi connectivity index (χ3v) is 9.03. The van der Waals surface area contributed by atoms with Gasteiger partial charge in [-0.3, -0.25) is 4.79 Å². The second-order valence-corrected chi connectivity index (χ2v) is 11.6. The van der Waals surface area contributed by atoms with E-state index >= 15 is 0 Å². The minimum absolute atomic E-state index is 0.0109. The molecule has 3 aromatic heterocycles. The number of rotatable bonds is 8. The van der Waals surface area contributed by atoms with Gasteiger partial charge in [0, 0.05) is 35.2 Å². The van der Waals surface area contributed by atoms with Crippen LogP contribution in [0.25, 0.3) is 10.7 Å². The number of thiazole rings is 1. The van der Waals surface area contributed by atoms with Crippen LogP contribution < -0.4 is 4.72 Å². The number of hydrogen-bond donors (Lipinski definition) is 1. The first-order valence-corrected chi connectivity index (χ1v) is 14.1. The molecule has 32 heavy (non-hydrogen) atoms. The molecule has 4 rings (SSSR count). The van der Waals surface area contributed by atoms with Gasteiger partial charge in [0.2, 0.25) is 15.9 Å². The van der Waals surface area contributed by atoms with Crippen molar-refractivity contribution < 1.29 is 13.2 Å². The van der Waals surface area contributed by atoms with Crippen molar-refractivity contribution in [3.8, 4) is 10.7 Å². The summed E-state index contributed by atoms with van der Waals surface area (Å²) in [6.07, 6.45) is 5.39. The Morgan fingerprint density at radius 3 is 2.66 bits per heavy atom. The lowest BCUT2D eigenvalue weighted by Gasteiger charge is -2.27. The Balaban J connectivity index is 1.64. The summed E-state index contributed by atoms with van der Waals surface area (Å²) in [6.45, 7) is 5.48. The lowest BCUT2D eigenvalue weighted by atomic mass is 10.1. The largest absolute Gasteiger partial charge is 0.341 e. The van der Waals surface area contributed by atoms with E-state index in [-0.39, 0.29) is 23.4 Å². The van der Waals surface area contributed by atoms with E-state index < -0.39 is 10.0 Å². The molecule has 0 bridgehead atoms. The van der Waals surface area contributed by atoms with Gasteiger partial charge in [0.25, 0.3) is 0 Å². The van der Waals surface area contributed by atoms with Gasteiger partial charge in [-0.1, -0.05) is 13.0 Å². The molecule has 3 aromatic rings. The second kappa shape index (κ2) is 9.86. The number of thiophene rings is 1. The average molecular weight is 493 g/mol. The molecule has 7 nitrogen and oxygen atoms in total. The second-order valence-electron chi connectivity index (χ2n) is 8.02. The number of aromatic nitrogens is 2. The number of amides is 1. The Kier molecular flexibility index (Phi) is 7.14. The monoisotopic (exact) mass is 492 g/mol. The van der Waals surface area contributed by atoms with E-state index in [9.17, 15) is 13.2 Å². The van der Waals surface area contributed by atoms with E-state index in [1.807, 2.05) is 41.6 Å². The molecule has 0 aliphatic carbocycles. The third kappa shape index (κ3) is 5.14. The molecule has 0 spiro atoms. The highest BCUT2D eigenvalue weighted by Gasteiger charge is 2.26. The van der Waals surface area contributed by atoms with Gasteiger partial charge in [-0.15, -0.1) is 22.7 Å². The van der Waals surface area contributed by atoms with Crippen LogP contribution in [0, 0.1) is 6.92 Å². The van der Waals surface area contributed by atoms with Crippen molar-refractivity contribution >= 4 is 38.6 Å².